The number of carbonyl (C=O) groups excluding carboxylic acids is 1. The van der Waals surface area contributed by atoms with Gasteiger partial charge in [-0.1, -0.05) is 6.92 Å². The molecule has 4 nitrogen and oxygen atoms in total. The molecule has 0 aromatic heterocycles. The molecule has 1 amide bonds. The molecule has 2 saturated carbocycles. The molecule has 78 valence electrons. The summed E-state index contributed by atoms with van der Waals surface area (Å²) < 4.78 is 0. The van der Waals surface area contributed by atoms with Gasteiger partial charge in [0.2, 0.25) is 5.91 Å². The van der Waals surface area contributed by atoms with Gasteiger partial charge < -0.3 is 10.4 Å². The van der Waals surface area contributed by atoms with Crippen LogP contribution >= 0.6 is 0 Å². The minimum atomic E-state index is -1.07. The third-order valence-corrected chi connectivity index (χ3v) is 3.30. The summed E-state index contributed by atoms with van der Waals surface area (Å²) in [6.45, 7) is 2.13. The van der Waals surface area contributed by atoms with Gasteiger partial charge in [0.1, 0.15) is 5.41 Å². The second kappa shape index (κ2) is 2.97. The summed E-state index contributed by atoms with van der Waals surface area (Å²) in [5.41, 5.74) is -1.07. The van der Waals surface area contributed by atoms with Gasteiger partial charge in [0.05, 0.1) is 0 Å². The molecule has 0 radical (unpaired) electrons. The summed E-state index contributed by atoms with van der Waals surface area (Å²) in [5.74, 6) is -0.579. The maximum absolute atomic E-state index is 11.6. The maximum atomic E-state index is 11.6. The minimum absolute atomic E-state index is 0.217. The Morgan fingerprint density at radius 1 is 1.36 bits per heavy atom. The van der Waals surface area contributed by atoms with Crippen molar-refractivity contribution in [2.75, 3.05) is 0 Å². The average molecular weight is 197 g/mol. The molecule has 2 rings (SSSR count). The highest BCUT2D eigenvalue weighted by atomic mass is 16.4. The second-order valence-electron chi connectivity index (χ2n) is 4.63. The highest BCUT2D eigenvalue weighted by molar-refractivity contribution is 6.04. The van der Waals surface area contributed by atoms with Gasteiger partial charge in [0.25, 0.3) is 0 Å². The summed E-state index contributed by atoms with van der Waals surface area (Å²) in [7, 11) is 0. The Hall–Kier alpha value is -1.06. The van der Waals surface area contributed by atoms with E-state index in [1.807, 2.05) is 0 Å². The quantitative estimate of drug-likeness (QED) is 0.656. The fraction of sp³-hybridized carbons (Fsp3) is 0.800. The molecule has 2 aliphatic carbocycles. The molecule has 0 aromatic rings. The van der Waals surface area contributed by atoms with Crippen LogP contribution in [0.2, 0.25) is 0 Å². The van der Waals surface area contributed by atoms with Crippen molar-refractivity contribution in [2.24, 2.45) is 11.3 Å². The molecule has 0 saturated heterocycles. The van der Waals surface area contributed by atoms with E-state index in [0.717, 1.165) is 12.8 Å². The predicted octanol–water partition coefficient (Wildman–Crippen LogP) is 0.766. The molecule has 0 aliphatic heterocycles. The van der Waals surface area contributed by atoms with Gasteiger partial charge >= 0.3 is 5.97 Å². The molecule has 2 N–H and O–H groups in total. The lowest BCUT2D eigenvalue weighted by atomic mass is 9.81. The fourth-order valence-electron chi connectivity index (χ4n) is 2.01. The Bertz CT molecular complexity index is 277. The SMILES string of the molecule is CC1CC(NC(=O)C2(C(=O)O)CC2)C1. The van der Waals surface area contributed by atoms with Gasteiger partial charge in [0, 0.05) is 6.04 Å². The van der Waals surface area contributed by atoms with E-state index < -0.39 is 11.4 Å². The lowest BCUT2D eigenvalue weighted by Gasteiger charge is -2.34. The van der Waals surface area contributed by atoms with Crippen molar-refractivity contribution in [3.05, 3.63) is 0 Å². The molecule has 0 unspecified atom stereocenters. The Morgan fingerprint density at radius 3 is 2.29 bits per heavy atom. The van der Waals surface area contributed by atoms with E-state index in [1.165, 1.54) is 0 Å². The van der Waals surface area contributed by atoms with Gasteiger partial charge in [0.15, 0.2) is 0 Å². The van der Waals surface area contributed by atoms with Crippen molar-refractivity contribution >= 4 is 11.9 Å². The number of carbonyl (C=O) groups is 2. The van der Waals surface area contributed by atoms with Crippen molar-refractivity contribution in [1.29, 1.82) is 0 Å². The van der Waals surface area contributed by atoms with Crippen LogP contribution in [0.3, 0.4) is 0 Å². The largest absolute Gasteiger partial charge is 0.480 e. The van der Waals surface area contributed by atoms with Crippen LogP contribution in [0.5, 0.6) is 0 Å². The van der Waals surface area contributed by atoms with Gasteiger partial charge in [-0.3, -0.25) is 9.59 Å². The van der Waals surface area contributed by atoms with E-state index in [0.29, 0.717) is 18.8 Å². The van der Waals surface area contributed by atoms with Crippen LogP contribution in [0, 0.1) is 11.3 Å². The number of carboxylic acid groups (broad SMARTS) is 1. The van der Waals surface area contributed by atoms with Crippen LogP contribution in [0.4, 0.5) is 0 Å². The zero-order chi connectivity index (χ0) is 10.3. The topological polar surface area (TPSA) is 66.4 Å². The molecule has 0 atom stereocenters. The number of amides is 1. The third-order valence-electron chi connectivity index (χ3n) is 3.30. The highest BCUT2D eigenvalue weighted by Crippen LogP contribution is 2.46. The molecule has 14 heavy (non-hydrogen) atoms. The highest BCUT2D eigenvalue weighted by Gasteiger charge is 2.57. The van der Waals surface area contributed by atoms with Gasteiger partial charge in [-0.25, -0.2) is 0 Å². The first kappa shape index (κ1) is 9.49. The fourth-order valence-corrected chi connectivity index (χ4v) is 2.01. The summed E-state index contributed by atoms with van der Waals surface area (Å²) in [6, 6.07) is 0.217. The Balaban J connectivity index is 1.87. The zero-order valence-corrected chi connectivity index (χ0v) is 8.25. The monoisotopic (exact) mass is 197 g/mol. The summed E-state index contributed by atoms with van der Waals surface area (Å²) in [4.78, 5) is 22.4. The smallest absolute Gasteiger partial charge is 0.319 e. The minimum Gasteiger partial charge on any atom is -0.480 e. The Kier molecular flexibility index (Phi) is 2.01. The lowest BCUT2D eigenvalue weighted by Crippen LogP contribution is -2.48. The van der Waals surface area contributed by atoms with Crippen molar-refractivity contribution in [1.82, 2.24) is 5.32 Å². The molecule has 0 bridgehead atoms. The van der Waals surface area contributed by atoms with Crippen LogP contribution in [-0.2, 0) is 9.59 Å². The molecule has 0 spiro atoms. The zero-order valence-electron chi connectivity index (χ0n) is 8.25. The van der Waals surface area contributed by atoms with Crippen LogP contribution < -0.4 is 5.32 Å². The van der Waals surface area contributed by atoms with E-state index in [-0.39, 0.29) is 11.9 Å². The molecule has 2 fully saturated rings. The van der Waals surface area contributed by atoms with Crippen molar-refractivity contribution in [3.63, 3.8) is 0 Å². The van der Waals surface area contributed by atoms with Crippen LogP contribution in [0.15, 0.2) is 0 Å². The van der Waals surface area contributed by atoms with Crippen LogP contribution in [0.25, 0.3) is 0 Å². The first-order valence-corrected chi connectivity index (χ1v) is 5.09. The second-order valence-corrected chi connectivity index (χ2v) is 4.63. The lowest BCUT2D eigenvalue weighted by molar-refractivity contribution is -0.149. The Morgan fingerprint density at radius 2 is 1.93 bits per heavy atom. The number of hydrogen-bond donors (Lipinski definition) is 2. The normalized spacial score (nSPS) is 32.9. The van der Waals surface area contributed by atoms with Gasteiger partial charge in [-0.05, 0) is 31.6 Å². The Labute approximate surface area is 82.7 Å². The van der Waals surface area contributed by atoms with Crippen molar-refractivity contribution in [2.45, 2.75) is 38.6 Å². The first-order valence-electron chi connectivity index (χ1n) is 5.09. The van der Waals surface area contributed by atoms with E-state index in [4.69, 9.17) is 5.11 Å². The average Bonchev–Trinajstić information content (AvgIpc) is 2.80. The van der Waals surface area contributed by atoms with Gasteiger partial charge in [-0.15, -0.1) is 0 Å². The number of aliphatic carboxylic acids is 1. The third kappa shape index (κ3) is 1.38. The van der Waals surface area contributed by atoms with E-state index in [1.54, 1.807) is 0 Å². The van der Waals surface area contributed by atoms with Crippen molar-refractivity contribution in [3.8, 4) is 0 Å². The van der Waals surface area contributed by atoms with E-state index in [9.17, 15) is 9.59 Å². The number of nitrogens with one attached hydrogen (secondary N) is 1. The van der Waals surface area contributed by atoms with Crippen molar-refractivity contribution < 1.29 is 14.7 Å². The van der Waals surface area contributed by atoms with Crippen LogP contribution in [-0.4, -0.2) is 23.0 Å². The van der Waals surface area contributed by atoms with Crippen LogP contribution in [0.1, 0.15) is 32.6 Å². The number of rotatable bonds is 3. The van der Waals surface area contributed by atoms with E-state index in [2.05, 4.69) is 12.2 Å². The summed E-state index contributed by atoms with van der Waals surface area (Å²) in [6.07, 6.45) is 2.97. The first-order chi connectivity index (χ1) is 6.54. The van der Waals surface area contributed by atoms with E-state index >= 15 is 0 Å². The molecule has 4 heteroatoms. The van der Waals surface area contributed by atoms with Gasteiger partial charge in [-0.2, -0.15) is 0 Å². The molecular weight excluding hydrogens is 182 g/mol. The maximum Gasteiger partial charge on any atom is 0.319 e. The summed E-state index contributed by atoms with van der Waals surface area (Å²) in [5, 5.41) is 11.7. The number of hydrogen-bond acceptors (Lipinski definition) is 2. The molecule has 2 aliphatic rings. The standard InChI is InChI=1S/C10H15NO3/c1-6-4-7(5-6)11-8(12)10(2-3-10)9(13)14/h6-7H,2-5H2,1H3,(H,11,12)(H,13,14). The number of carboxylic acids is 1. The predicted molar refractivity (Wildman–Crippen MR) is 49.6 cm³/mol. The molecule has 0 heterocycles. The summed E-state index contributed by atoms with van der Waals surface area (Å²) >= 11 is 0. The molecular formula is C10H15NO3. The molecule has 0 aromatic carbocycles.